The molecular formula is C7H13NO2S. The Labute approximate surface area is 67.8 Å². The molecule has 3 nitrogen and oxygen atoms in total. The summed E-state index contributed by atoms with van der Waals surface area (Å²) in [5.41, 5.74) is 0. The molecule has 0 bridgehead atoms. The molecule has 1 aliphatic heterocycles. The normalized spacial score (nSPS) is 30.5. The zero-order valence-corrected chi connectivity index (χ0v) is 7.47. The van der Waals surface area contributed by atoms with Gasteiger partial charge in [-0.3, -0.25) is 0 Å². The highest BCUT2D eigenvalue weighted by atomic mass is 32.2. The van der Waals surface area contributed by atoms with Crippen LogP contribution in [0.15, 0.2) is 12.7 Å². The molecule has 0 radical (unpaired) electrons. The minimum Gasteiger partial charge on any atom is -0.212 e. The lowest BCUT2D eigenvalue weighted by molar-refractivity contribution is 0.446. The summed E-state index contributed by atoms with van der Waals surface area (Å²) in [4.78, 5) is 0. The van der Waals surface area contributed by atoms with Crippen LogP contribution in [0.3, 0.4) is 0 Å². The van der Waals surface area contributed by atoms with E-state index in [0.29, 0.717) is 18.8 Å². The summed E-state index contributed by atoms with van der Waals surface area (Å²) >= 11 is 0. The van der Waals surface area contributed by atoms with Crippen molar-refractivity contribution >= 4 is 10.0 Å². The molecule has 1 atom stereocenters. The monoisotopic (exact) mass is 175 g/mol. The standard InChI is InChI=1S/C7H13NO2S/c1-3-4-8-5-7(2)6-11(8,9)10/h3,7H,1,4-6H2,2H3. The SMILES string of the molecule is C=CCN1CC(C)CS1(=O)=O. The summed E-state index contributed by atoms with van der Waals surface area (Å²) in [5.74, 6) is 0.556. The Kier molecular flexibility index (Phi) is 2.34. The van der Waals surface area contributed by atoms with Gasteiger partial charge in [-0.05, 0) is 5.92 Å². The van der Waals surface area contributed by atoms with E-state index in [1.165, 1.54) is 4.31 Å². The van der Waals surface area contributed by atoms with Gasteiger partial charge in [0, 0.05) is 13.1 Å². The van der Waals surface area contributed by atoms with Crippen LogP contribution in [-0.2, 0) is 10.0 Å². The number of sulfonamides is 1. The fourth-order valence-electron chi connectivity index (χ4n) is 1.31. The highest BCUT2D eigenvalue weighted by Gasteiger charge is 2.32. The molecule has 0 aliphatic carbocycles. The maximum Gasteiger partial charge on any atom is 0.214 e. The van der Waals surface area contributed by atoms with Crippen LogP contribution in [0.4, 0.5) is 0 Å². The molecule has 1 fully saturated rings. The lowest BCUT2D eigenvalue weighted by Crippen LogP contribution is -2.25. The van der Waals surface area contributed by atoms with Crippen molar-refractivity contribution in [2.24, 2.45) is 5.92 Å². The molecule has 0 aromatic heterocycles. The number of hydrogen-bond donors (Lipinski definition) is 0. The fraction of sp³-hybridized carbons (Fsp3) is 0.714. The van der Waals surface area contributed by atoms with Crippen LogP contribution >= 0.6 is 0 Å². The van der Waals surface area contributed by atoms with Crippen LogP contribution in [-0.4, -0.2) is 31.6 Å². The predicted molar refractivity (Wildman–Crippen MR) is 44.7 cm³/mol. The Balaban J connectivity index is 2.74. The van der Waals surface area contributed by atoms with E-state index in [-0.39, 0.29) is 5.92 Å². The molecule has 4 heteroatoms. The number of hydrogen-bond acceptors (Lipinski definition) is 2. The average molecular weight is 175 g/mol. The van der Waals surface area contributed by atoms with Crippen molar-refractivity contribution in [2.75, 3.05) is 18.8 Å². The second-order valence-corrected chi connectivity index (χ2v) is 5.00. The van der Waals surface area contributed by atoms with Gasteiger partial charge in [0.1, 0.15) is 0 Å². The summed E-state index contributed by atoms with van der Waals surface area (Å²) in [5, 5.41) is 0. The van der Waals surface area contributed by atoms with E-state index < -0.39 is 10.0 Å². The lowest BCUT2D eigenvalue weighted by Gasteiger charge is -2.10. The van der Waals surface area contributed by atoms with E-state index in [2.05, 4.69) is 6.58 Å². The second kappa shape index (κ2) is 2.95. The molecule has 0 amide bonds. The van der Waals surface area contributed by atoms with Crippen LogP contribution in [0.1, 0.15) is 6.92 Å². The van der Waals surface area contributed by atoms with E-state index in [1.807, 2.05) is 6.92 Å². The highest BCUT2D eigenvalue weighted by Crippen LogP contribution is 2.17. The molecule has 1 saturated heterocycles. The maximum absolute atomic E-state index is 11.2. The molecule has 1 unspecified atom stereocenters. The van der Waals surface area contributed by atoms with Gasteiger partial charge in [-0.15, -0.1) is 6.58 Å². The van der Waals surface area contributed by atoms with E-state index in [9.17, 15) is 8.42 Å². The Morgan fingerprint density at radius 3 is 2.73 bits per heavy atom. The van der Waals surface area contributed by atoms with Gasteiger partial charge in [0.15, 0.2) is 0 Å². The van der Waals surface area contributed by atoms with Crippen molar-refractivity contribution < 1.29 is 8.42 Å². The third-order valence-electron chi connectivity index (χ3n) is 1.74. The van der Waals surface area contributed by atoms with Crippen LogP contribution in [0, 0.1) is 5.92 Å². The average Bonchev–Trinajstić information content (AvgIpc) is 2.07. The lowest BCUT2D eigenvalue weighted by atomic mass is 10.2. The summed E-state index contributed by atoms with van der Waals surface area (Å²) in [6.07, 6.45) is 1.62. The van der Waals surface area contributed by atoms with Crippen molar-refractivity contribution in [3.63, 3.8) is 0 Å². The summed E-state index contributed by atoms with van der Waals surface area (Å²) in [6.45, 7) is 6.55. The summed E-state index contributed by atoms with van der Waals surface area (Å²) in [7, 11) is -2.94. The first kappa shape index (κ1) is 8.74. The fourth-order valence-corrected chi connectivity index (χ4v) is 3.16. The van der Waals surface area contributed by atoms with Gasteiger partial charge in [-0.25, -0.2) is 8.42 Å². The minimum absolute atomic E-state index is 0.264. The van der Waals surface area contributed by atoms with Crippen molar-refractivity contribution in [2.45, 2.75) is 6.92 Å². The van der Waals surface area contributed by atoms with Gasteiger partial charge in [0.05, 0.1) is 5.75 Å². The van der Waals surface area contributed by atoms with Crippen molar-refractivity contribution in [1.82, 2.24) is 4.31 Å². The first-order chi connectivity index (χ1) is 5.06. The van der Waals surface area contributed by atoms with E-state index in [4.69, 9.17) is 0 Å². The largest absolute Gasteiger partial charge is 0.214 e. The number of rotatable bonds is 2. The molecule has 0 N–H and O–H groups in total. The van der Waals surface area contributed by atoms with Crippen LogP contribution in [0.25, 0.3) is 0 Å². The molecule has 0 spiro atoms. The molecule has 1 aliphatic rings. The zero-order chi connectivity index (χ0) is 8.48. The predicted octanol–water partition coefficient (Wildman–Crippen LogP) is 0.454. The van der Waals surface area contributed by atoms with Gasteiger partial charge < -0.3 is 0 Å². The van der Waals surface area contributed by atoms with Crippen molar-refractivity contribution in [1.29, 1.82) is 0 Å². The Hall–Kier alpha value is -0.350. The van der Waals surface area contributed by atoms with E-state index in [0.717, 1.165) is 0 Å². The first-order valence-corrected chi connectivity index (χ1v) is 5.26. The maximum atomic E-state index is 11.2. The number of nitrogens with zero attached hydrogens (tertiary/aromatic N) is 1. The smallest absolute Gasteiger partial charge is 0.212 e. The molecule has 0 aromatic carbocycles. The zero-order valence-electron chi connectivity index (χ0n) is 6.66. The topological polar surface area (TPSA) is 37.4 Å². The van der Waals surface area contributed by atoms with Crippen molar-refractivity contribution in [3.8, 4) is 0 Å². The molecule has 11 heavy (non-hydrogen) atoms. The Morgan fingerprint density at radius 1 is 1.73 bits per heavy atom. The second-order valence-electron chi connectivity index (χ2n) is 2.99. The third kappa shape index (κ3) is 1.81. The Bertz CT molecular complexity index is 245. The van der Waals surface area contributed by atoms with E-state index >= 15 is 0 Å². The van der Waals surface area contributed by atoms with Gasteiger partial charge in [0.25, 0.3) is 0 Å². The first-order valence-electron chi connectivity index (χ1n) is 3.65. The van der Waals surface area contributed by atoms with Crippen molar-refractivity contribution in [3.05, 3.63) is 12.7 Å². The van der Waals surface area contributed by atoms with Crippen LogP contribution in [0.2, 0.25) is 0 Å². The van der Waals surface area contributed by atoms with Crippen LogP contribution < -0.4 is 0 Å². The molecule has 64 valence electrons. The molecular weight excluding hydrogens is 162 g/mol. The minimum atomic E-state index is -2.94. The van der Waals surface area contributed by atoms with Crippen LogP contribution in [0.5, 0.6) is 0 Å². The van der Waals surface area contributed by atoms with Gasteiger partial charge in [-0.1, -0.05) is 13.0 Å². The third-order valence-corrected chi connectivity index (χ3v) is 3.81. The highest BCUT2D eigenvalue weighted by molar-refractivity contribution is 7.89. The molecule has 1 rings (SSSR count). The van der Waals surface area contributed by atoms with Gasteiger partial charge >= 0.3 is 0 Å². The Morgan fingerprint density at radius 2 is 2.36 bits per heavy atom. The quantitative estimate of drug-likeness (QED) is 0.572. The molecule has 1 heterocycles. The van der Waals surface area contributed by atoms with E-state index in [1.54, 1.807) is 6.08 Å². The molecule has 0 aromatic rings. The van der Waals surface area contributed by atoms with Gasteiger partial charge in [0.2, 0.25) is 10.0 Å². The summed E-state index contributed by atoms with van der Waals surface area (Å²) in [6, 6.07) is 0. The molecule has 0 saturated carbocycles. The summed E-state index contributed by atoms with van der Waals surface area (Å²) < 4.78 is 24.0. The van der Waals surface area contributed by atoms with Gasteiger partial charge in [-0.2, -0.15) is 4.31 Å².